The lowest BCUT2D eigenvalue weighted by Gasteiger charge is -2.14. The minimum Gasteiger partial charge on any atom is -0.491 e. The number of ether oxygens (including phenoxy) is 1. The van der Waals surface area contributed by atoms with E-state index in [1.54, 1.807) is 24.3 Å². The molecule has 6 heteroatoms. The average molecular weight is 330 g/mol. The van der Waals surface area contributed by atoms with Gasteiger partial charge in [0.1, 0.15) is 24.3 Å². The van der Waals surface area contributed by atoms with E-state index in [2.05, 4.69) is 5.32 Å². The molecule has 0 amide bonds. The molecule has 0 saturated heterocycles. The van der Waals surface area contributed by atoms with Crippen molar-refractivity contribution in [3.8, 4) is 5.75 Å². The van der Waals surface area contributed by atoms with Gasteiger partial charge in [-0.1, -0.05) is 23.2 Å². The molecule has 2 aromatic carbocycles. The van der Waals surface area contributed by atoms with Crippen molar-refractivity contribution in [1.82, 2.24) is 0 Å². The molecule has 0 fully saturated rings. The van der Waals surface area contributed by atoms with Gasteiger partial charge in [-0.25, -0.2) is 4.39 Å². The molecule has 1 atom stereocenters. The van der Waals surface area contributed by atoms with E-state index in [0.29, 0.717) is 15.8 Å². The summed E-state index contributed by atoms with van der Waals surface area (Å²) in [6.07, 6.45) is -0.793. The predicted octanol–water partition coefficient (Wildman–Crippen LogP) is 3.98. The summed E-state index contributed by atoms with van der Waals surface area (Å²) in [6, 6.07) is 11.0. The highest BCUT2D eigenvalue weighted by molar-refractivity contribution is 6.31. The fourth-order valence-electron chi connectivity index (χ4n) is 1.64. The molecule has 2 aromatic rings. The highest BCUT2D eigenvalue weighted by Crippen LogP contribution is 2.19. The van der Waals surface area contributed by atoms with Crippen LogP contribution in [0.4, 0.5) is 10.1 Å². The van der Waals surface area contributed by atoms with Crippen molar-refractivity contribution in [1.29, 1.82) is 0 Å². The second-order valence-corrected chi connectivity index (χ2v) is 5.30. The number of halogens is 3. The largest absolute Gasteiger partial charge is 0.491 e. The summed E-state index contributed by atoms with van der Waals surface area (Å²) < 4.78 is 18.9. The molecule has 0 aliphatic carbocycles. The molecule has 0 bridgehead atoms. The molecule has 2 N–H and O–H groups in total. The highest BCUT2D eigenvalue weighted by atomic mass is 35.5. The lowest BCUT2D eigenvalue weighted by Crippen LogP contribution is -2.26. The van der Waals surface area contributed by atoms with Crippen LogP contribution in [0.5, 0.6) is 5.75 Å². The molecule has 0 heterocycles. The van der Waals surface area contributed by atoms with Crippen molar-refractivity contribution >= 4 is 28.9 Å². The first kappa shape index (κ1) is 15.9. The quantitative estimate of drug-likeness (QED) is 0.842. The van der Waals surface area contributed by atoms with Crippen LogP contribution in [0.1, 0.15) is 0 Å². The van der Waals surface area contributed by atoms with Crippen molar-refractivity contribution in [3.63, 3.8) is 0 Å². The molecule has 3 nitrogen and oxygen atoms in total. The minimum atomic E-state index is -0.793. The van der Waals surface area contributed by atoms with Gasteiger partial charge in [0.25, 0.3) is 0 Å². The summed E-state index contributed by atoms with van der Waals surface area (Å²) in [6.45, 7) is 0.224. The Morgan fingerprint density at radius 2 is 1.76 bits per heavy atom. The number of rotatable bonds is 6. The first-order valence-electron chi connectivity index (χ1n) is 6.30. The van der Waals surface area contributed by atoms with Gasteiger partial charge in [0, 0.05) is 16.6 Å². The van der Waals surface area contributed by atoms with Crippen LogP contribution in [0.15, 0.2) is 42.5 Å². The summed E-state index contributed by atoms with van der Waals surface area (Å²) in [7, 11) is 0. The number of benzene rings is 2. The van der Waals surface area contributed by atoms with E-state index >= 15 is 0 Å². The summed E-state index contributed by atoms with van der Waals surface area (Å²) in [5, 5.41) is 13.6. The average Bonchev–Trinajstić information content (AvgIpc) is 2.47. The maximum absolute atomic E-state index is 13.5. The molecule has 0 spiro atoms. The van der Waals surface area contributed by atoms with Crippen molar-refractivity contribution in [2.75, 3.05) is 18.5 Å². The van der Waals surface area contributed by atoms with Crippen LogP contribution in [0.3, 0.4) is 0 Å². The number of nitrogens with one attached hydrogen (secondary N) is 1. The zero-order valence-electron chi connectivity index (χ0n) is 11.0. The first-order chi connectivity index (χ1) is 10.0. The van der Waals surface area contributed by atoms with Crippen molar-refractivity contribution < 1.29 is 14.2 Å². The third-order valence-corrected chi connectivity index (χ3v) is 3.20. The summed E-state index contributed by atoms with van der Waals surface area (Å²) >= 11 is 11.5. The lowest BCUT2D eigenvalue weighted by atomic mass is 10.3. The topological polar surface area (TPSA) is 41.5 Å². The van der Waals surface area contributed by atoms with E-state index in [1.807, 2.05) is 0 Å². The van der Waals surface area contributed by atoms with Gasteiger partial charge in [-0.05, 0) is 42.5 Å². The van der Waals surface area contributed by atoms with E-state index in [4.69, 9.17) is 27.9 Å². The Morgan fingerprint density at radius 1 is 1.10 bits per heavy atom. The standard InChI is InChI=1S/C15H14Cl2FNO2/c16-10-1-4-13(5-2-10)21-9-12(20)8-19-15-7-11(17)3-6-14(15)18/h1-7,12,19-20H,8-9H2. The molecular weight excluding hydrogens is 316 g/mol. The predicted molar refractivity (Wildman–Crippen MR) is 82.9 cm³/mol. The maximum atomic E-state index is 13.5. The molecule has 0 aliphatic rings. The van der Waals surface area contributed by atoms with E-state index in [9.17, 15) is 9.50 Å². The van der Waals surface area contributed by atoms with Crippen molar-refractivity contribution in [2.24, 2.45) is 0 Å². The Balaban J connectivity index is 1.80. The molecular formula is C15H14Cl2FNO2. The Bertz CT molecular complexity index is 593. The lowest BCUT2D eigenvalue weighted by molar-refractivity contribution is 0.117. The van der Waals surface area contributed by atoms with Crippen LogP contribution in [-0.2, 0) is 0 Å². The first-order valence-corrected chi connectivity index (χ1v) is 7.05. The van der Waals surface area contributed by atoms with Crippen molar-refractivity contribution in [3.05, 3.63) is 58.3 Å². The van der Waals surface area contributed by atoms with Gasteiger partial charge in [0.2, 0.25) is 0 Å². The Labute approximate surface area is 132 Å². The Kier molecular flexibility index (Phi) is 5.67. The van der Waals surface area contributed by atoms with Crippen LogP contribution < -0.4 is 10.1 Å². The van der Waals surface area contributed by atoms with Gasteiger partial charge in [-0.3, -0.25) is 0 Å². The molecule has 0 radical (unpaired) electrons. The van der Waals surface area contributed by atoms with Crippen LogP contribution in [-0.4, -0.2) is 24.4 Å². The fraction of sp³-hybridized carbons (Fsp3) is 0.200. The van der Waals surface area contributed by atoms with E-state index in [1.165, 1.54) is 18.2 Å². The molecule has 0 aliphatic heterocycles. The smallest absolute Gasteiger partial charge is 0.146 e. The zero-order chi connectivity index (χ0) is 15.2. The molecule has 2 rings (SSSR count). The third-order valence-electron chi connectivity index (χ3n) is 2.71. The van der Waals surface area contributed by atoms with E-state index in [-0.39, 0.29) is 18.8 Å². The number of anilines is 1. The zero-order valence-corrected chi connectivity index (χ0v) is 12.5. The number of hydrogen-bond donors (Lipinski definition) is 2. The molecule has 112 valence electrons. The number of hydrogen-bond acceptors (Lipinski definition) is 3. The van der Waals surface area contributed by atoms with Crippen LogP contribution in [0, 0.1) is 5.82 Å². The van der Waals surface area contributed by atoms with Gasteiger partial charge >= 0.3 is 0 Å². The van der Waals surface area contributed by atoms with Gasteiger partial charge < -0.3 is 15.2 Å². The minimum absolute atomic E-state index is 0.0802. The van der Waals surface area contributed by atoms with Crippen molar-refractivity contribution in [2.45, 2.75) is 6.10 Å². The van der Waals surface area contributed by atoms with Gasteiger partial charge in [-0.2, -0.15) is 0 Å². The Hall–Kier alpha value is -1.49. The van der Waals surface area contributed by atoms with Gasteiger partial charge in [-0.15, -0.1) is 0 Å². The van der Waals surface area contributed by atoms with Gasteiger partial charge in [0.15, 0.2) is 0 Å². The van der Waals surface area contributed by atoms with E-state index < -0.39 is 11.9 Å². The summed E-state index contributed by atoms with van der Waals surface area (Å²) in [4.78, 5) is 0. The number of aliphatic hydroxyl groups is 1. The SMILES string of the molecule is OC(CNc1cc(Cl)ccc1F)COc1ccc(Cl)cc1. The normalized spacial score (nSPS) is 12.0. The second kappa shape index (κ2) is 7.50. The summed E-state index contributed by atoms with van der Waals surface area (Å²) in [5.74, 6) is 0.178. The maximum Gasteiger partial charge on any atom is 0.146 e. The van der Waals surface area contributed by atoms with Gasteiger partial charge in [0.05, 0.1) is 5.69 Å². The molecule has 0 saturated carbocycles. The highest BCUT2D eigenvalue weighted by Gasteiger charge is 2.08. The second-order valence-electron chi connectivity index (χ2n) is 4.42. The van der Waals surface area contributed by atoms with Crippen LogP contribution in [0.2, 0.25) is 10.0 Å². The Morgan fingerprint density at radius 3 is 2.48 bits per heavy atom. The van der Waals surface area contributed by atoms with Crippen LogP contribution >= 0.6 is 23.2 Å². The summed E-state index contributed by atoms with van der Waals surface area (Å²) in [5.41, 5.74) is 0.244. The molecule has 0 aromatic heterocycles. The monoisotopic (exact) mass is 329 g/mol. The number of aliphatic hydroxyl groups excluding tert-OH is 1. The fourth-order valence-corrected chi connectivity index (χ4v) is 1.94. The molecule has 21 heavy (non-hydrogen) atoms. The molecule has 1 unspecified atom stereocenters. The van der Waals surface area contributed by atoms with Crippen LogP contribution in [0.25, 0.3) is 0 Å². The van der Waals surface area contributed by atoms with E-state index in [0.717, 1.165) is 0 Å². The third kappa shape index (κ3) is 5.08.